The van der Waals surface area contributed by atoms with Crippen LogP contribution in [0.15, 0.2) is 24.3 Å². The van der Waals surface area contributed by atoms with Crippen LogP contribution in [0.2, 0.25) is 0 Å². The molecule has 0 amide bonds. The fourth-order valence-corrected chi connectivity index (χ4v) is 3.15. The minimum atomic E-state index is 0.714. The molecule has 0 aliphatic carbocycles. The van der Waals surface area contributed by atoms with Crippen LogP contribution in [0.3, 0.4) is 0 Å². The SMILES string of the molecule is CCNCC1CCCN(c2nc3ccccc3nc2C)C1. The Morgan fingerprint density at radius 1 is 1.24 bits per heavy atom. The van der Waals surface area contributed by atoms with Gasteiger partial charge < -0.3 is 10.2 Å². The van der Waals surface area contributed by atoms with Crippen molar-refractivity contribution in [2.45, 2.75) is 26.7 Å². The molecule has 0 saturated carbocycles. The number of fused-ring (bicyclic) bond motifs is 1. The maximum atomic E-state index is 4.86. The van der Waals surface area contributed by atoms with Crippen LogP contribution in [0.25, 0.3) is 11.0 Å². The van der Waals surface area contributed by atoms with Gasteiger partial charge in [0.25, 0.3) is 0 Å². The first-order chi connectivity index (χ1) is 10.3. The number of nitrogens with one attached hydrogen (secondary N) is 1. The molecule has 1 saturated heterocycles. The van der Waals surface area contributed by atoms with Gasteiger partial charge in [-0.05, 0) is 50.9 Å². The summed E-state index contributed by atoms with van der Waals surface area (Å²) in [5.41, 5.74) is 3.02. The van der Waals surface area contributed by atoms with E-state index in [4.69, 9.17) is 9.97 Å². The van der Waals surface area contributed by atoms with Gasteiger partial charge in [-0.1, -0.05) is 19.1 Å². The van der Waals surface area contributed by atoms with Crippen molar-refractivity contribution < 1.29 is 0 Å². The minimum Gasteiger partial charge on any atom is -0.355 e. The molecule has 0 radical (unpaired) electrons. The lowest BCUT2D eigenvalue weighted by Gasteiger charge is -2.34. The Labute approximate surface area is 126 Å². The molecule has 1 aromatic heterocycles. The summed E-state index contributed by atoms with van der Waals surface area (Å²) in [6.07, 6.45) is 2.55. The first kappa shape index (κ1) is 14.3. The highest BCUT2D eigenvalue weighted by atomic mass is 15.2. The van der Waals surface area contributed by atoms with E-state index >= 15 is 0 Å². The number of para-hydroxylation sites is 2. The minimum absolute atomic E-state index is 0.714. The normalized spacial score (nSPS) is 19.1. The molecular formula is C17H24N4. The molecule has 1 unspecified atom stereocenters. The first-order valence-corrected chi connectivity index (χ1v) is 7.97. The average molecular weight is 284 g/mol. The van der Waals surface area contributed by atoms with Crippen molar-refractivity contribution in [3.8, 4) is 0 Å². The van der Waals surface area contributed by atoms with E-state index in [9.17, 15) is 0 Å². The number of anilines is 1. The lowest BCUT2D eigenvalue weighted by molar-refractivity contribution is 0.394. The van der Waals surface area contributed by atoms with E-state index in [2.05, 4.69) is 24.1 Å². The molecule has 2 aromatic rings. The van der Waals surface area contributed by atoms with Crippen molar-refractivity contribution in [3.63, 3.8) is 0 Å². The van der Waals surface area contributed by atoms with Crippen LogP contribution < -0.4 is 10.2 Å². The summed E-state index contributed by atoms with van der Waals surface area (Å²) in [5, 5.41) is 3.47. The largest absolute Gasteiger partial charge is 0.355 e. The van der Waals surface area contributed by atoms with Gasteiger partial charge in [-0.3, -0.25) is 0 Å². The molecule has 1 aliphatic rings. The molecule has 2 heterocycles. The zero-order chi connectivity index (χ0) is 14.7. The van der Waals surface area contributed by atoms with Crippen molar-refractivity contribution in [2.75, 3.05) is 31.1 Å². The predicted molar refractivity (Wildman–Crippen MR) is 87.8 cm³/mol. The van der Waals surface area contributed by atoms with E-state index in [1.165, 1.54) is 12.8 Å². The zero-order valence-electron chi connectivity index (χ0n) is 13.0. The Bertz CT molecular complexity index is 611. The second kappa shape index (κ2) is 6.39. The molecule has 1 N–H and O–H groups in total. The molecule has 1 fully saturated rings. The van der Waals surface area contributed by atoms with E-state index in [0.717, 1.165) is 48.7 Å². The van der Waals surface area contributed by atoms with Crippen LogP contribution in [0.4, 0.5) is 5.82 Å². The Balaban J connectivity index is 1.83. The Kier molecular flexibility index (Phi) is 4.34. The molecule has 21 heavy (non-hydrogen) atoms. The van der Waals surface area contributed by atoms with Gasteiger partial charge in [-0.2, -0.15) is 0 Å². The number of hydrogen-bond acceptors (Lipinski definition) is 4. The van der Waals surface area contributed by atoms with E-state index in [1.807, 2.05) is 24.3 Å². The second-order valence-corrected chi connectivity index (χ2v) is 5.88. The Morgan fingerprint density at radius 3 is 2.76 bits per heavy atom. The van der Waals surface area contributed by atoms with Gasteiger partial charge in [0.05, 0.1) is 16.7 Å². The van der Waals surface area contributed by atoms with Crippen LogP contribution in [-0.2, 0) is 0 Å². The summed E-state index contributed by atoms with van der Waals surface area (Å²) >= 11 is 0. The number of hydrogen-bond donors (Lipinski definition) is 1. The highest BCUT2D eigenvalue weighted by Crippen LogP contribution is 2.25. The van der Waals surface area contributed by atoms with Crippen LogP contribution in [-0.4, -0.2) is 36.1 Å². The third-order valence-electron chi connectivity index (χ3n) is 4.22. The number of aryl methyl sites for hydroxylation is 1. The van der Waals surface area contributed by atoms with E-state index in [-0.39, 0.29) is 0 Å². The summed E-state index contributed by atoms with van der Waals surface area (Å²) in [5.74, 6) is 1.78. The zero-order valence-corrected chi connectivity index (χ0v) is 13.0. The lowest BCUT2D eigenvalue weighted by atomic mass is 9.98. The Morgan fingerprint density at radius 2 is 2.00 bits per heavy atom. The first-order valence-electron chi connectivity index (χ1n) is 7.97. The quantitative estimate of drug-likeness (QED) is 0.937. The van der Waals surface area contributed by atoms with Gasteiger partial charge in [-0.15, -0.1) is 0 Å². The molecule has 0 spiro atoms. The van der Waals surface area contributed by atoms with Crippen molar-refractivity contribution in [1.29, 1.82) is 0 Å². The number of benzene rings is 1. The molecule has 1 aliphatic heterocycles. The van der Waals surface area contributed by atoms with Gasteiger partial charge in [-0.25, -0.2) is 9.97 Å². The summed E-state index contributed by atoms with van der Waals surface area (Å²) in [7, 11) is 0. The monoisotopic (exact) mass is 284 g/mol. The number of rotatable bonds is 4. The van der Waals surface area contributed by atoms with Crippen LogP contribution in [0.5, 0.6) is 0 Å². The smallest absolute Gasteiger partial charge is 0.150 e. The van der Waals surface area contributed by atoms with Gasteiger partial charge >= 0.3 is 0 Å². The van der Waals surface area contributed by atoms with Crippen molar-refractivity contribution in [2.24, 2.45) is 5.92 Å². The van der Waals surface area contributed by atoms with Gasteiger partial charge in [0, 0.05) is 13.1 Å². The van der Waals surface area contributed by atoms with Gasteiger partial charge in [0.2, 0.25) is 0 Å². The second-order valence-electron chi connectivity index (χ2n) is 5.88. The number of piperidine rings is 1. The standard InChI is InChI=1S/C17H24N4/c1-3-18-11-14-7-6-10-21(12-14)17-13(2)19-15-8-4-5-9-16(15)20-17/h4-5,8-9,14,18H,3,6-7,10-12H2,1-2H3. The fraction of sp³-hybridized carbons (Fsp3) is 0.529. The molecule has 0 bridgehead atoms. The highest BCUT2D eigenvalue weighted by molar-refractivity contribution is 5.76. The predicted octanol–water partition coefficient (Wildman–Crippen LogP) is 2.76. The van der Waals surface area contributed by atoms with Crippen LogP contribution >= 0.6 is 0 Å². The maximum absolute atomic E-state index is 4.86. The molecular weight excluding hydrogens is 260 g/mol. The number of nitrogens with zero attached hydrogens (tertiary/aromatic N) is 3. The van der Waals surface area contributed by atoms with Crippen LogP contribution in [0, 0.1) is 12.8 Å². The summed E-state index contributed by atoms with van der Waals surface area (Å²) in [4.78, 5) is 12.0. The van der Waals surface area contributed by atoms with Crippen molar-refractivity contribution >= 4 is 16.9 Å². The van der Waals surface area contributed by atoms with Crippen LogP contribution in [0.1, 0.15) is 25.5 Å². The highest BCUT2D eigenvalue weighted by Gasteiger charge is 2.22. The third-order valence-corrected chi connectivity index (χ3v) is 4.22. The molecule has 112 valence electrons. The topological polar surface area (TPSA) is 41.0 Å². The molecule has 1 aromatic carbocycles. The summed E-state index contributed by atoms with van der Waals surface area (Å²) < 4.78 is 0. The third kappa shape index (κ3) is 3.16. The van der Waals surface area contributed by atoms with Gasteiger partial charge in [0.1, 0.15) is 0 Å². The van der Waals surface area contributed by atoms with Crippen molar-refractivity contribution in [1.82, 2.24) is 15.3 Å². The van der Waals surface area contributed by atoms with E-state index < -0.39 is 0 Å². The lowest BCUT2D eigenvalue weighted by Crippen LogP contribution is -2.40. The maximum Gasteiger partial charge on any atom is 0.150 e. The Hall–Kier alpha value is -1.68. The van der Waals surface area contributed by atoms with E-state index in [0.29, 0.717) is 5.92 Å². The molecule has 4 heteroatoms. The van der Waals surface area contributed by atoms with Crippen molar-refractivity contribution in [3.05, 3.63) is 30.0 Å². The molecule has 3 rings (SSSR count). The van der Waals surface area contributed by atoms with Gasteiger partial charge in [0.15, 0.2) is 5.82 Å². The number of aromatic nitrogens is 2. The fourth-order valence-electron chi connectivity index (χ4n) is 3.15. The molecule has 4 nitrogen and oxygen atoms in total. The summed E-state index contributed by atoms with van der Waals surface area (Å²) in [6.45, 7) is 8.57. The molecule has 1 atom stereocenters. The summed E-state index contributed by atoms with van der Waals surface area (Å²) in [6, 6.07) is 8.12. The van der Waals surface area contributed by atoms with E-state index in [1.54, 1.807) is 0 Å². The average Bonchev–Trinajstić information content (AvgIpc) is 2.52.